The van der Waals surface area contributed by atoms with Crippen LogP contribution in [0.2, 0.25) is 0 Å². The van der Waals surface area contributed by atoms with Crippen LogP contribution in [0.5, 0.6) is 0 Å². The van der Waals surface area contributed by atoms with Gasteiger partial charge in [-0.3, -0.25) is 10.7 Å². The van der Waals surface area contributed by atoms with Gasteiger partial charge in [-0.2, -0.15) is 0 Å². The maximum Gasteiger partial charge on any atom is 0.226 e. The molecule has 12 nitrogen and oxygen atoms in total. The molecule has 0 saturated carbocycles. The maximum atomic E-state index is 13.4. The lowest BCUT2D eigenvalue weighted by atomic mass is 10.3. The third kappa shape index (κ3) is 6.16. The number of nitrogens with one attached hydrogen (secondary N) is 3. The van der Waals surface area contributed by atoms with Gasteiger partial charge in [-0.05, 0) is 44.4 Å². The summed E-state index contributed by atoms with van der Waals surface area (Å²) >= 11 is 3.05. The van der Waals surface area contributed by atoms with E-state index in [1.165, 1.54) is 18.2 Å². The maximum absolute atomic E-state index is 13.4. The van der Waals surface area contributed by atoms with Crippen LogP contribution in [0.15, 0.2) is 32.3 Å². The van der Waals surface area contributed by atoms with Crippen molar-refractivity contribution in [2.45, 2.75) is 0 Å². The van der Waals surface area contributed by atoms with Gasteiger partial charge in [0.05, 0.1) is 29.1 Å². The Kier molecular flexibility index (Phi) is 7.68. The van der Waals surface area contributed by atoms with Crippen LogP contribution in [0.3, 0.4) is 0 Å². The van der Waals surface area contributed by atoms with Crippen LogP contribution in [0.1, 0.15) is 5.69 Å². The van der Waals surface area contributed by atoms with Crippen LogP contribution >= 0.6 is 15.9 Å². The summed E-state index contributed by atoms with van der Waals surface area (Å²) in [6, 6.07) is 3.99. The van der Waals surface area contributed by atoms with E-state index in [-0.39, 0.29) is 34.1 Å². The number of rotatable bonds is 8. The molecule has 0 aliphatic carbocycles. The van der Waals surface area contributed by atoms with E-state index in [0.717, 1.165) is 0 Å². The number of hydrogen-bond acceptors (Lipinski definition) is 10. The minimum absolute atomic E-state index is 0.0106. The molecule has 164 valence electrons. The zero-order valence-electron chi connectivity index (χ0n) is 15.5. The number of hydroxylamine groups is 1. The Bertz CT molecular complexity index is 997. The highest BCUT2D eigenvalue weighted by molar-refractivity contribution is 9.10. The van der Waals surface area contributed by atoms with Crippen LogP contribution in [0.25, 0.3) is 0 Å². The second kappa shape index (κ2) is 10.2. The number of anilines is 1. The Hall–Kier alpha value is -2.17. The number of morpholine rings is 1. The second-order valence-corrected chi connectivity index (χ2v) is 8.74. The fraction of sp³-hybridized carbons (Fsp3) is 0.400. The summed E-state index contributed by atoms with van der Waals surface area (Å²) in [6.07, 6.45) is 0. The number of nitrogens with zero attached hydrogens (tertiary/aromatic N) is 4. The number of aliphatic imine (C=N–C) groups is 1. The van der Waals surface area contributed by atoms with Gasteiger partial charge < -0.3 is 10.1 Å². The molecule has 2 aromatic rings. The minimum atomic E-state index is -3.59. The van der Waals surface area contributed by atoms with E-state index in [9.17, 15) is 18.0 Å². The molecule has 0 radical (unpaired) electrons. The highest BCUT2D eigenvalue weighted by atomic mass is 79.9. The summed E-state index contributed by atoms with van der Waals surface area (Å²) in [5.41, 5.74) is 2.20. The van der Waals surface area contributed by atoms with Crippen molar-refractivity contribution in [3.8, 4) is 0 Å². The summed E-state index contributed by atoms with van der Waals surface area (Å²) in [7, 11) is -3.59. The number of hydrazine groups is 1. The van der Waals surface area contributed by atoms with Crippen molar-refractivity contribution in [3.63, 3.8) is 0 Å². The first-order valence-electron chi connectivity index (χ1n) is 8.71. The van der Waals surface area contributed by atoms with Crippen LogP contribution in [-0.2, 0) is 14.8 Å². The highest BCUT2D eigenvalue weighted by Gasteiger charge is 2.20. The van der Waals surface area contributed by atoms with Crippen molar-refractivity contribution in [1.82, 2.24) is 25.6 Å². The molecule has 1 aliphatic heterocycles. The molecule has 1 aromatic carbocycles. The molecule has 0 atom stereocenters. The molecule has 1 aliphatic rings. The average Bonchev–Trinajstić information content (AvgIpc) is 3.17. The van der Waals surface area contributed by atoms with Gasteiger partial charge in [0.15, 0.2) is 11.5 Å². The molecule has 4 N–H and O–H groups in total. The second-order valence-electron chi connectivity index (χ2n) is 6.07. The normalized spacial score (nSPS) is 15.9. The van der Waals surface area contributed by atoms with Crippen molar-refractivity contribution >= 4 is 43.3 Å². The Morgan fingerprint density at radius 3 is 2.80 bits per heavy atom. The monoisotopic (exact) mass is 507 g/mol. The van der Waals surface area contributed by atoms with Gasteiger partial charge in [-0.25, -0.2) is 27.4 Å². The van der Waals surface area contributed by atoms with Crippen LogP contribution in [-0.4, -0.2) is 73.4 Å². The Balaban J connectivity index is 1.63. The quantitative estimate of drug-likeness (QED) is 0.227. The van der Waals surface area contributed by atoms with E-state index < -0.39 is 15.8 Å². The number of halogens is 2. The summed E-state index contributed by atoms with van der Waals surface area (Å²) in [6.45, 7) is 1.82. The van der Waals surface area contributed by atoms with Crippen molar-refractivity contribution in [3.05, 3.63) is 34.2 Å². The molecule has 30 heavy (non-hydrogen) atoms. The number of sulfonamides is 1. The van der Waals surface area contributed by atoms with Gasteiger partial charge in [0.1, 0.15) is 5.82 Å². The third-order valence-electron chi connectivity index (χ3n) is 3.91. The van der Waals surface area contributed by atoms with E-state index in [2.05, 4.69) is 46.0 Å². The summed E-state index contributed by atoms with van der Waals surface area (Å²) < 4.78 is 47.8. The first-order chi connectivity index (χ1) is 14.4. The molecule has 2 heterocycles. The largest absolute Gasteiger partial charge is 0.379 e. The van der Waals surface area contributed by atoms with Gasteiger partial charge in [0.2, 0.25) is 15.8 Å². The smallest absolute Gasteiger partial charge is 0.226 e. The fourth-order valence-corrected chi connectivity index (χ4v) is 3.88. The van der Waals surface area contributed by atoms with Gasteiger partial charge in [-0.15, -0.1) is 4.83 Å². The molecule has 1 aromatic heterocycles. The van der Waals surface area contributed by atoms with E-state index in [4.69, 9.17) is 4.74 Å². The standard InChI is InChI=1S/C15H19BrFN7O5S/c16-11-9-10(1-2-12(11)17)19-15(20-25)13-14(22-29-21-13)18-3-8-30(26,27)23-24-4-6-28-7-5-24/h1-2,9,23,25H,3-8H2,(H,18,22)(H,19,20). The van der Waals surface area contributed by atoms with E-state index in [0.29, 0.717) is 32.0 Å². The predicted octanol–water partition coefficient (Wildman–Crippen LogP) is 0.607. The lowest BCUT2D eigenvalue weighted by Crippen LogP contribution is -2.49. The molecule has 0 amide bonds. The Labute approximate surface area is 179 Å². The van der Waals surface area contributed by atoms with Gasteiger partial charge in [0.25, 0.3) is 0 Å². The summed E-state index contributed by atoms with van der Waals surface area (Å²) in [5.74, 6) is -0.782. The lowest BCUT2D eigenvalue weighted by molar-refractivity contribution is 0.0272. The van der Waals surface area contributed by atoms with Gasteiger partial charge >= 0.3 is 0 Å². The first kappa shape index (κ1) is 22.5. The molecule has 1 saturated heterocycles. The van der Waals surface area contributed by atoms with E-state index in [1.54, 1.807) is 5.01 Å². The van der Waals surface area contributed by atoms with E-state index in [1.807, 2.05) is 5.48 Å². The van der Waals surface area contributed by atoms with Gasteiger partial charge in [-0.1, -0.05) is 0 Å². The zero-order chi connectivity index (χ0) is 21.6. The fourth-order valence-electron chi connectivity index (χ4n) is 2.48. The molecule has 0 unspecified atom stereocenters. The van der Waals surface area contributed by atoms with E-state index >= 15 is 0 Å². The average molecular weight is 508 g/mol. The van der Waals surface area contributed by atoms with Crippen LogP contribution < -0.4 is 15.6 Å². The SMILES string of the molecule is O=S(=O)(CCNc1nonc1C(=Nc1ccc(F)c(Br)c1)NO)NN1CCOCC1. The third-order valence-corrected chi connectivity index (χ3v) is 5.79. The number of ether oxygens (including phenoxy) is 1. The molecule has 0 bridgehead atoms. The minimum Gasteiger partial charge on any atom is -0.379 e. The Morgan fingerprint density at radius 2 is 2.10 bits per heavy atom. The summed E-state index contributed by atoms with van der Waals surface area (Å²) in [4.78, 5) is 6.60. The Morgan fingerprint density at radius 1 is 1.33 bits per heavy atom. The van der Waals surface area contributed by atoms with Crippen molar-refractivity contribution in [2.75, 3.05) is 43.9 Å². The summed E-state index contributed by atoms with van der Waals surface area (Å²) in [5, 5.41) is 21.1. The molecule has 1 fully saturated rings. The van der Waals surface area contributed by atoms with Crippen molar-refractivity contribution in [1.29, 1.82) is 0 Å². The van der Waals surface area contributed by atoms with Crippen LogP contribution in [0, 0.1) is 5.82 Å². The van der Waals surface area contributed by atoms with Crippen molar-refractivity contribution in [2.24, 2.45) is 4.99 Å². The first-order valence-corrected chi connectivity index (χ1v) is 11.2. The number of amidine groups is 1. The number of hydrogen-bond donors (Lipinski definition) is 4. The predicted molar refractivity (Wildman–Crippen MR) is 107 cm³/mol. The molecular weight excluding hydrogens is 489 g/mol. The molecule has 3 rings (SSSR count). The highest BCUT2D eigenvalue weighted by Crippen LogP contribution is 2.23. The lowest BCUT2D eigenvalue weighted by Gasteiger charge is -2.26. The van der Waals surface area contributed by atoms with Gasteiger partial charge in [0, 0.05) is 19.6 Å². The zero-order valence-corrected chi connectivity index (χ0v) is 17.9. The molecular formula is C15H19BrFN7O5S. The number of aromatic nitrogens is 2. The number of benzene rings is 1. The topological polar surface area (TPSA) is 154 Å². The van der Waals surface area contributed by atoms with Crippen LogP contribution in [0.4, 0.5) is 15.9 Å². The molecule has 15 heteroatoms. The van der Waals surface area contributed by atoms with Crippen molar-refractivity contribution < 1.29 is 27.4 Å². The molecule has 0 spiro atoms.